The third kappa shape index (κ3) is 4.16. The van der Waals surface area contributed by atoms with Crippen LogP contribution in [0.15, 0.2) is 29.8 Å². The number of rotatable bonds is 5. The number of carbonyl (C=O) groups excluding carboxylic acids is 1. The summed E-state index contributed by atoms with van der Waals surface area (Å²) in [5.41, 5.74) is 7.81. The molecular weight excluding hydrogens is 355 g/mol. The lowest BCUT2D eigenvalue weighted by Gasteiger charge is -2.11. The molecule has 0 aliphatic rings. The molecule has 0 atom stereocenters. The van der Waals surface area contributed by atoms with Crippen molar-refractivity contribution in [3.05, 3.63) is 40.4 Å². The molecule has 1 aromatic carbocycles. The van der Waals surface area contributed by atoms with Crippen molar-refractivity contribution in [1.29, 1.82) is 0 Å². The number of halogens is 2. The maximum atomic E-state index is 11.4. The van der Waals surface area contributed by atoms with Gasteiger partial charge in [0.2, 0.25) is 11.9 Å². The Morgan fingerprint density at radius 1 is 1.39 bits per heavy atom. The fourth-order valence-electron chi connectivity index (χ4n) is 1.83. The lowest BCUT2D eigenvalue weighted by Crippen LogP contribution is -2.20. The molecule has 0 radical (unpaired) electrons. The summed E-state index contributed by atoms with van der Waals surface area (Å²) in [5.74, 6) is 0.212. The Bertz CT molecular complexity index is 767. The summed E-state index contributed by atoms with van der Waals surface area (Å²) in [7, 11) is 1.58. The third-order valence-electron chi connectivity index (χ3n) is 2.94. The molecular formula is C15H14Cl2N4OS. The van der Waals surface area contributed by atoms with Crippen molar-refractivity contribution in [2.45, 2.75) is 5.03 Å². The molecule has 0 unspecified atom stereocenters. The molecule has 1 aromatic heterocycles. The fraction of sp³-hybridized carbons (Fsp3) is 0.133. The SMILES string of the molecule is C=Cc1c(SCC(=O)NC)nc(N)nc1-c1ccc(Cl)c(Cl)c1. The van der Waals surface area contributed by atoms with Crippen LogP contribution in [0.1, 0.15) is 5.56 Å². The normalized spacial score (nSPS) is 10.4. The average molecular weight is 369 g/mol. The smallest absolute Gasteiger partial charge is 0.230 e. The summed E-state index contributed by atoms with van der Waals surface area (Å²) in [6.45, 7) is 3.80. The van der Waals surface area contributed by atoms with Crippen LogP contribution in [0.4, 0.5) is 5.95 Å². The predicted octanol–water partition coefficient (Wildman–Crippen LogP) is 3.51. The van der Waals surface area contributed by atoms with Gasteiger partial charge in [-0.15, -0.1) is 0 Å². The van der Waals surface area contributed by atoms with Crippen LogP contribution in [0.5, 0.6) is 0 Å². The Kier molecular flexibility index (Phi) is 5.87. The van der Waals surface area contributed by atoms with Gasteiger partial charge in [-0.3, -0.25) is 4.79 Å². The van der Waals surface area contributed by atoms with Crippen LogP contribution in [-0.4, -0.2) is 28.7 Å². The fourth-order valence-corrected chi connectivity index (χ4v) is 3.03. The van der Waals surface area contributed by atoms with Gasteiger partial charge in [0.1, 0.15) is 5.03 Å². The number of amides is 1. The monoisotopic (exact) mass is 368 g/mol. The standard InChI is InChI=1S/C15H14Cl2N4OS/c1-3-9-13(8-4-5-10(16)11(17)6-8)20-15(18)21-14(9)23-7-12(22)19-2/h3-6H,1,7H2,2H3,(H,19,22)(H2,18,20,21). The summed E-state index contributed by atoms with van der Waals surface area (Å²) in [5, 5.41) is 4.00. The molecule has 120 valence electrons. The van der Waals surface area contributed by atoms with Crippen LogP contribution in [0.25, 0.3) is 17.3 Å². The highest BCUT2D eigenvalue weighted by atomic mass is 35.5. The van der Waals surface area contributed by atoms with Crippen molar-refractivity contribution in [2.24, 2.45) is 0 Å². The van der Waals surface area contributed by atoms with Gasteiger partial charge in [0, 0.05) is 18.2 Å². The number of nitrogen functional groups attached to an aromatic ring is 1. The minimum absolute atomic E-state index is 0.107. The predicted molar refractivity (Wildman–Crippen MR) is 96.8 cm³/mol. The second-order valence-electron chi connectivity index (χ2n) is 4.44. The zero-order valence-electron chi connectivity index (χ0n) is 12.3. The summed E-state index contributed by atoms with van der Waals surface area (Å²) in [6.07, 6.45) is 1.63. The van der Waals surface area contributed by atoms with Gasteiger partial charge in [-0.25, -0.2) is 9.97 Å². The number of nitrogens with two attached hydrogens (primary N) is 1. The van der Waals surface area contributed by atoms with Crippen molar-refractivity contribution >= 4 is 52.9 Å². The molecule has 5 nitrogen and oxygen atoms in total. The molecule has 0 aliphatic heterocycles. The van der Waals surface area contributed by atoms with E-state index in [4.69, 9.17) is 28.9 Å². The number of benzene rings is 1. The van der Waals surface area contributed by atoms with E-state index in [0.717, 1.165) is 5.56 Å². The molecule has 23 heavy (non-hydrogen) atoms. The van der Waals surface area contributed by atoms with Crippen molar-refractivity contribution in [3.8, 4) is 11.3 Å². The van der Waals surface area contributed by atoms with Gasteiger partial charge < -0.3 is 11.1 Å². The van der Waals surface area contributed by atoms with Gasteiger partial charge in [-0.05, 0) is 12.1 Å². The first-order valence-electron chi connectivity index (χ1n) is 6.55. The number of nitrogens with one attached hydrogen (secondary N) is 1. The van der Waals surface area contributed by atoms with E-state index in [-0.39, 0.29) is 17.6 Å². The summed E-state index contributed by atoms with van der Waals surface area (Å²) in [6, 6.07) is 5.17. The molecule has 0 spiro atoms. The number of hydrogen-bond donors (Lipinski definition) is 2. The van der Waals surface area contributed by atoms with Gasteiger partial charge in [0.25, 0.3) is 0 Å². The molecule has 3 N–H and O–H groups in total. The van der Waals surface area contributed by atoms with Crippen molar-refractivity contribution in [1.82, 2.24) is 15.3 Å². The Labute approximate surface area is 148 Å². The van der Waals surface area contributed by atoms with Gasteiger partial charge >= 0.3 is 0 Å². The molecule has 8 heteroatoms. The molecule has 1 amide bonds. The first-order valence-corrected chi connectivity index (χ1v) is 8.29. The van der Waals surface area contributed by atoms with Crippen LogP contribution in [-0.2, 0) is 4.79 Å². The van der Waals surface area contributed by atoms with Crippen molar-refractivity contribution in [3.63, 3.8) is 0 Å². The maximum absolute atomic E-state index is 11.4. The number of nitrogens with zero attached hydrogens (tertiary/aromatic N) is 2. The van der Waals surface area contributed by atoms with Crippen molar-refractivity contribution < 1.29 is 4.79 Å². The summed E-state index contributed by atoms with van der Waals surface area (Å²) < 4.78 is 0. The lowest BCUT2D eigenvalue weighted by molar-refractivity contribution is -0.118. The molecule has 0 fully saturated rings. The topological polar surface area (TPSA) is 80.9 Å². The van der Waals surface area contributed by atoms with Gasteiger partial charge in [0.05, 0.1) is 21.5 Å². The highest BCUT2D eigenvalue weighted by Crippen LogP contribution is 2.33. The summed E-state index contributed by atoms with van der Waals surface area (Å²) in [4.78, 5) is 19.9. The van der Waals surface area contributed by atoms with Crippen LogP contribution in [0.3, 0.4) is 0 Å². The number of carbonyl (C=O) groups is 1. The van der Waals surface area contributed by atoms with Crippen LogP contribution in [0.2, 0.25) is 10.0 Å². The zero-order chi connectivity index (χ0) is 17.0. The highest BCUT2D eigenvalue weighted by molar-refractivity contribution is 8.00. The molecule has 0 aliphatic carbocycles. The van der Waals surface area contributed by atoms with E-state index in [0.29, 0.717) is 26.3 Å². The molecule has 2 aromatic rings. The van der Waals surface area contributed by atoms with E-state index in [9.17, 15) is 4.79 Å². The largest absolute Gasteiger partial charge is 0.368 e. The van der Waals surface area contributed by atoms with E-state index in [2.05, 4.69) is 21.9 Å². The second kappa shape index (κ2) is 7.68. The van der Waals surface area contributed by atoms with E-state index in [1.54, 1.807) is 31.3 Å². The number of aromatic nitrogens is 2. The highest BCUT2D eigenvalue weighted by Gasteiger charge is 2.15. The Balaban J connectivity index is 2.50. The van der Waals surface area contributed by atoms with Crippen LogP contribution < -0.4 is 11.1 Å². The molecule has 0 saturated carbocycles. The Morgan fingerprint density at radius 2 is 2.13 bits per heavy atom. The van der Waals surface area contributed by atoms with E-state index < -0.39 is 0 Å². The number of thioether (sulfide) groups is 1. The average Bonchev–Trinajstić information content (AvgIpc) is 2.54. The Hall–Kier alpha value is -1.76. The van der Waals surface area contributed by atoms with Gasteiger partial charge in [-0.2, -0.15) is 0 Å². The maximum Gasteiger partial charge on any atom is 0.230 e. The Morgan fingerprint density at radius 3 is 2.74 bits per heavy atom. The third-order valence-corrected chi connectivity index (χ3v) is 4.67. The minimum atomic E-state index is -0.113. The first-order chi connectivity index (χ1) is 11.0. The van der Waals surface area contributed by atoms with Gasteiger partial charge in [0.15, 0.2) is 0 Å². The number of hydrogen-bond acceptors (Lipinski definition) is 5. The summed E-state index contributed by atoms with van der Waals surface area (Å²) >= 11 is 13.3. The number of anilines is 1. The van der Waals surface area contributed by atoms with E-state index in [1.807, 2.05) is 0 Å². The van der Waals surface area contributed by atoms with E-state index >= 15 is 0 Å². The van der Waals surface area contributed by atoms with Gasteiger partial charge in [-0.1, -0.05) is 53.7 Å². The quantitative estimate of drug-likeness (QED) is 0.623. The van der Waals surface area contributed by atoms with Crippen LogP contribution >= 0.6 is 35.0 Å². The lowest BCUT2D eigenvalue weighted by atomic mass is 10.1. The molecule has 1 heterocycles. The molecule has 0 bridgehead atoms. The second-order valence-corrected chi connectivity index (χ2v) is 6.22. The van der Waals surface area contributed by atoms with E-state index in [1.165, 1.54) is 11.8 Å². The van der Waals surface area contributed by atoms with Crippen molar-refractivity contribution in [2.75, 3.05) is 18.5 Å². The minimum Gasteiger partial charge on any atom is -0.368 e. The zero-order valence-corrected chi connectivity index (χ0v) is 14.6. The molecule has 0 saturated heterocycles. The van der Waals surface area contributed by atoms with Crippen LogP contribution in [0, 0.1) is 0 Å². The molecule has 2 rings (SSSR count). The first kappa shape index (κ1) is 17.6.